The minimum absolute atomic E-state index is 0.258. The number of rotatable bonds is 2. The molecule has 0 heterocycles. The molecule has 3 fully saturated rings. The molecule has 124 valence electrons. The fraction of sp³-hybridized carbons (Fsp3) is 1.00. The van der Waals surface area contributed by atoms with Gasteiger partial charge in [0.1, 0.15) is 0 Å². The van der Waals surface area contributed by atoms with Gasteiger partial charge in [-0.1, -0.05) is 32.8 Å². The van der Waals surface area contributed by atoms with Gasteiger partial charge in [0.15, 0.2) is 0 Å². The van der Waals surface area contributed by atoms with Gasteiger partial charge in [0.05, 0.1) is 0 Å². The maximum Gasteiger partial charge on any atom is 0.0374 e. The van der Waals surface area contributed by atoms with Crippen molar-refractivity contribution in [1.82, 2.24) is 0 Å². The highest BCUT2D eigenvalue weighted by Crippen LogP contribution is 2.62. The molecule has 3 rings (SSSR count). The second kappa shape index (κ2) is 5.74. The lowest BCUT2D eigenvalue weighted by Crippen LogP contribution is -2.46. The molecule has 0 aliphatic heterocycles. The summed E-state index contributed by atoms with van der Waals surface area (Å²) >= 11 is 0. The molecule has 0 aromatic carbocycles. The molecule has 0 amide bonds. The molecular formula is C19H33N3. The average molecular weight is 303 g/mol. The normalized spacial score (nSPS) is 51.9. The van der Waals surface area contributed by atoms with Crippen LogP contribution in [0.3, 0.4) is 0 Å². The molecule has 0 bridgehead atoms. The summed E-state index contributed by atoms with van der Waals surface area (Å²) in [6, 6.07) is 0.258. The van der Waals surface area contributed by atoms with Crippen LogP contribution in [0.1, 0.15) is 79.1 Å². The van der Waals surface area contributed by atoms with Gasteiger partial charge in [-0.15, -0.1) is 0 Å². The third kappa shape index (κ3) is 2.46. The van der Waals surface area contributed by atoms with E-state index in [-0.39, 0.29) is 6.04 Å². The van der Waals surface area contributed by atoms with Crippen LogP contribution in [0, 0.1) is 34.5 Å². The van der Waals surface area contributed by atoms with Crippen LogP contribution >= 0.6 is 0 Å². The highest BCUT2D eigenvalue weighted by molar-refractivity contribution is 5.04. The number of azide groups is 1. The van der Waals surface area contributed by atoms with Crippen LogP contribution in [-0.4, -0.2) is 6.04 Å². The summed E-state index contributed by atoms with van der Waals surface area (Å²) in [4.78, 5) is 3.02. The van der Waals surface area contributed by atoms with Crippen LogP contribution in [-0.2, 0) is 0 Å². The quantitative estimate of drug-likeness (QED) is 0.324. The first-order valence-corrected chi connectivity index (χ1v) is 9.45. The van der Waals surface area contributed by atoms with Crippen LogP contribution in [0.4, 0.5) is 0 Å². The summed E-state index contributed by atoms with van der Waals surface area (Å²) in [7, 11) is 0. The molecule has 0 saturated heterocycles. The predicted molar refractivity (Wildman–Crippen MR) is 91.4 cm³/mol. The number of nitrogens with zero attached hydrogens (tertiary/aromatic N) is 3. The fourth-order valence-corrected chi connectivity index (χ4v) is 6.56. The van der Waals surface area contributed by atoms with Crippen molar-refractivity contribution < 1.29 is 0 Å². The molecule has 0 aromatic rings. The first kappa shape index (κ1) is 16.2. The standard InChI is InChI=1S/C19H33N3/c1-13-5-6-17-14(2)16(9-12-19(13,17)4)18(3)10-7-15(8-11-18)21-22-20/h13-17H,5-12H2,1-4H3. The SMILES string of the molecule is CC1C(C2(C)CCC(N=[N+]=[N-])CC2)CCC2(C)C(C)CCC12. The Bertz CT molecular complexity index is 459. The maximum atomic E-state index is 8.65. The van der Waals surface area contributed by atoms with E-state index in [1.807, 2.05) is 0 Å². The summed E-state index contributed by atoms with van der Waals surface area (Å²) in [5.41, 5.74) is 9.74. The van der Waals surface area contributed by atoms with Crippen molar-refractivity contribution >= 4 is 0 Å². The second-order valence-corrected chi connectivity index (χ2v) is 9.19. The van der Waals surface area contributed by atoms with E-state index < -0.39 is 0 Å². The maximum absolute atomic E-state index is 8.65. The van der Waals surface area contributed by atoms with E-state index in [0.29, 0.717) is 10.8 Å². The van der Waals surface area contributed by atoms with Crippen LogP contribution in [0.25, 0.3) is 10.4 Å². The highest BCUT2D eigenvalue weighted by atomic mass is 15.1. The van der Waals surface area contributed by atoms with Gasteiger partial charge in [0.2, 0.25) is 0 Å². The molecule has 0 N–H and O–H groups in total. The Morgan fingerprint density at radius 2 is 1.59 bits per heavy atom. The van der Waals surface area contributed by atoms with Gasteiger partial charge >= 0.3 is 0 Å². The van der Waals surface area contributed by atoms with Crippen molar-refractivity contribution in [2.75, 3.05) is 0 Å². The third-order valence-corrected chi connectivity index (χ3v) is 8.35. The fourth-order valence-electron chi connectivity index (χ4n) is 6.56. The van der Waals surface area contributed by atoms with E-state index in [9.17, 15) is 0 Å². The molecule has 0 spiro atoms. The molecule has 0 aromatic heterocycles. The zero-order chi connectivity index (χ0) is 16.0. The number of hydrogen-bond acceptors (Lipinski definition) is 1. The van der Waals surface area contributed by atoms with Crippen molar-refractivity contribution in [3.63, 3.8) is 0 Å². The largest absolute Gasteiger partial charge is 0.0906 e. The Kier molecular flexibility index (Phi) is 4.22. The van der Waals surface area contributed by atoms with Crippen LogP contribution in [0.2, 0.25) is 0 Å². The van der Waals surface area contributed by atoms with Crippen LogP contribution in [0.15, 0.2) is 5.11 Å². The first-order chi connectivity index (χ1) is 10.4. The second-order valence-electron chi connectivity index (χ2n) is 9.19. The van der Waals surface area contributed by atoms with Crippen molar-refractivity contribution in [2.45, 2.75) is 85.1 Å². The lowest BCUT2D eigenvalue weighted by Gasteiger charge is -2.54. The Morgan fingerprint density at radius 3 is 2.23 bits per heavy atom. The molecule has 3 aliphatic carbocycles. The molecule has 3 aliphatic rings. The molecule has 3 heteroatoms. The molecule has 3 nitrogen and oxygen atoms in total. The number of hydrogen-bond donors (Lipinski definition) is 0. The summed E-state index contributed by atoms with van der Waals surface area (Å²) in [6.45, 7) is 10.1. The van der Waals surface area contributed by atoms with E-state index in [1.54, 1.807) is 0 Å². The van der Waals surface area contributed by atoms with E-state index in [2.05, 4.69) is 37.7 Å². The van der Waals surface area contributed by atoms with E-state index in [0.717, 1.165) is 36.5 Å². The van der Waals surface area contributed by atoms with Crippen LogP contribution in [0.5, 0.6) is 0 Å². The summed E-state index contributed by atoms with van der Waals surface area (Å²) in [6.07, 6.45) is 10.4. The van der Waals surface area contributed by atoms with Crippen molar-refractivity contribution in [1.29, 1.82) is 0 Å². The van der Waals surface area contributed by atoms with Gasteiger partial charge in [-0.3, -0.25) is 0 Å². The summed E-state index contributed by atoms with van der Waals surface area (Å²) < 4.78 is 0. The van der Waals surface area contributed by atoms with Crippen molar-refractivity contribution in [3.05, 3.63) is 10.4 Å². The van der Waals surface area contributed by atoms with Gasteiger partial charge in [-0.2, -0.15) is 0 Å². The van der Waals surface area contributed by atoms with Gasteiger partial charge in [0, 0.05) is 11.0 Å². The molecule has 22 heavy (non-hydrogen) atoms. The molecule has 5 atom stereocenters. The summed E-state index contributed by atoms with van der Waals surface area (Å²) in [5, 5.41) is 3.97. The van der Waals surface area contributed by atoms with Crippen LogP contribution < -0.4 is 0 Å². The van der Waals surface area contributed by atoms with Gasteiger partial charge in [0.25, 0.3) is 0 Å². The van der Waals surface area contributed by atoms with E-state index in [1.165, 1.54) is 38.5 Å². The Balaban J connectivity index is 1.72. The minimum atomic E-state index is 0.258. The molecule has 3 saturated carbocycles. The lowest BCUT2D eigenvalue weighted by atomic mass is 9.51. The molecule has 0 radical (unpaired) electrons. The highest BCUT2D eigenvalue weighted by Gasteiger charge is 2.54. The molecular weight excluding hydrogens is 270 g/mol. The zero-order valence-corrected chi connectivity index (χ0v) is 14.9. The third-order valence-electron chi connectivity index (χ3n) is 8.35. The van der Waals surface area contributed by atoms with Gasteiger partial charge in [-0.05, 0) is 91.4 Å². The minimum Gasteiger partial charge on any atom is -0.0906 e. The lowest BCUT2D eigenvalue weighted by molar-refractivity contribution is -0.0434. The topological polar surface area (TPSA) is 48.8 Å². The van der Waals surface area contributed by atoms with Crippen molar-refractivity contribution in [2.24, 2.45) is 39.6 Å². The first-order valence-electron chi connectivity index (χ1n) is 9.45. The van der Waals surface area contributed by atoms with Gasteiger partial charge < -0.3 is 0 Å². The van der Waals surface area contributed by atoms with E-state index >= 15 is 0 Å². The van der Waals surface area contributed by atoms with Gasteiger partial charge in [-0.25, -0.2) is 0 Å². The Morgan fingerprint density at radius 1 is 0.909 bits per heavy atom. The predicted octanol–water partition coefficient (Wildman–Crippen LogP) is 6.34. The zero-order valence-electron chi connectivity index (χ0n) is 14.9. The molecule has 5 unspecified atom stereocenters. The number of fused-ring (bicyclic) bond motifs is 1. The Hall–Kier alpha value is -0.690. The summed E-state index contributed by atoms with van der Waals surface area (Å²) in [5.74, 6) is 3.59. The average Bonchev–Trinajstić information content (AvgIpc) is 2.79. The van der Waals surface area contributed by atoms with E-state index in [4.69, 9.17) is 5.53 Å². The smallest absolute Gasteiger partial charge is 0.0374 e. The van der Waals surface area contributed by atoms with Crippen molar-refractivity contribution in [3.8, 4) is 0 Å². The monoisotopic (exact) mass is 303 g/mol. The Labute approximate surface area is 135 Å².